The van der Waals surface area contributed by atoms with Crippen LogP contribution < -0.4 is 5.32 Å². The number of hydrogen-bond acceptors (Lipinski definition) is 4. The standard InChI is InChI=1S/C20H27F3N6O/c1-3-14-11-17(20(21,22)23)29-18(25-14)12-15(26-29)16-6-4-8-27(16)19(30)10-13(2)28-9-5-7-24-28/h5,7,9,12-14,16-17,25H,3-4,6,8,10-11H2,1-2H3/t13-,14+,16+,17+/m0/s1. The largest absolute Gasteiger partial charge is 0.410 e. The molecule has 2 aliphatic rings. The van der Waals surface area contributed by atoms with Gasteiger partial charge in [0.05, 0.1) is 17.8 Å². The molecule has 2 aliphatic heterocycles. The highest BCUT2D eigenvalue weighted by Crippen LogP contribution is 2.42. The first-order chi connectivity index (χ1) is 14.3. The minimum Gasteiger partial charge on any atom is -0.367 e. The normalized spacial score (nSPS) is 25.1. The zero-order chi connectivity index (χ0) is 21.5. The topological polar surface area (TPSA) is 68.0 Å². The summed E-state index contributed by atoms with van der Waals surface area (Å²) in [6.45, 7) is 4.38. The Morgan fingerprint density at radius 3 is 2.87 bits per heavy atom. The minimum atomic E-state index is -4.36. The molecule has 0 bridgehead atoms. The number of fused-ring (bicyclic) bond motifs is 1. The molecular weight excluding hydrogens is 397 g/mol. The average molecular weight is 424 g/mol. The number of amides is 1. The quantitative estimate of drug-likeness (QED) is 0.785. The Morgan fingerprint density at radius 2 is 2.20 bits per heavy atom. The Morgan fingerprint density at radius 1 is 1.40 bits per heavy atom. The number of hydrogen-bond donors (Lipinski definition) is 1. The molecule has 2 aromatic heterocycles. The van der Waals surface area contributed by atoms with Gasteiger partial charge in [0.2, 0.25) is 5.91 Å². The van der Waals surface area contributed by atoms with Crippen molar-refractivity contribution in [2.75, 3.05) is 11.9 Å². The van der Waals surface area contributed by atoms with Gasteiger partial charge in [-0.05, 0) is 38.7 Å². The van der Waals surface area contributed by atoms with Gasteiger partial charge in [-0.2, -0.15) is 23.4 Å². The third-order valence-corrected chi connectivity index (χ3v) is 6.14. The Bertz CT molecular complexity index is 878. The molecule has 0 spiro atoms. The summed E-state index contributed by atoms with van der Waals surface area (Å²) in [5.74, 6) is 0.355. The van der Waals surface area contributed by atoms with Crippen molar-refractivity contribution in [3.8, 4) is 0 Å². The zero-order valence-electron chi connectivity index (χ0n) is 17.1. The van der Waals surface area contributed by atoms with Gasteiger partial charge in [0.1, 0.15) is 5.82 Å². The molecule has 7 nitrogen and oxygen atoms in total. The zero-order valence-corrected chi connectivity index (χ0v) is 17.1. The lowest BCUT2D eigenvalue weighted by atomic mass is 10.0. The van der Waals surface area contributed by atoms with Gasteiger partial charge >= 0.3 is 6.18 Å². The van der Waals surface area contributed by atoms with Gasteiger partial charge in [-0.15, -0.1) is 0 Å². The van der Waals surface area contributed by atoms with E-state index in [1.807, 2.05) is 26.1 Å². The van der Waals surface area contributed by atoms with Gasteiger partial charge in [-0.3, -0.25) is 9.48 Å². The fourth-order valence-electron chi connectivity index (χ4n) is 4.48. The number of nitrogens with zero attached hydrogens (tertiary/aromatic N) is 5. The highest BCUT2D eigenvalue weighted by Gasteiger charge is 2.46. The van der Waals surface area contributed by atoms with E-state index in [0.717, 1.165) is 11.1 Å². The number of aromatic nitrogens is 4. The van der Waals surface area contributed by atoms with Crippen molar-refractivity contribution in [1.29, 1.82) is 0 Å². The van der Waals surface area contributed by atoms with E-state index in [1.54, 1.807) is 21.8 Å². The van der Waals surface area contributed by atoms with Crippen LogP contribution in [0.5, 0.6) is 0 Å². The molecule has 0 saturated carbocycles. The van der Waals surface area contributed by atoms with Crippen LogP contribution in [0.1, 0.15) is 69.8 Å². The summed E-state index contributed by atoms with van der Waals surface area (Å²) in [7, 11) is 0. The smallest absolute Gasteiger partial charge is 0.367 e. The van der Waals surface area contributed by atoms with Crippen LogP contribution in [0.15, 0.2) is 24.5 Å². The molecule has 1 fully saturated rings. The Kier molecular flexibility index (Phi) is 5.50. The Balaban J connectivity index is 1.55. The van der Waals surface area contributed by atoms with Gasteiger partial charge in [0.15, 0.2) is 6.04 Å². The third kappa shape index (κ3) is 3.91. The van der Waals surface area contributed by atoms with Crippen molar-refractivity contribution in [3.05, 3.63) is 30.2 Å². The first-order valence-corrected chi connectivity index (χ1v) is 10.5. The highest BCUT2D eigenvalue weighted by atomic mass is 19.4. The monoisotopic (exact) mass is 424 g/mol. The summed E-state index contributed by atoms with van der Waals surface area (Å²) in [4.78, 5) is 14.7. The van der Waals surface area contributed by atoms with E-state index < -0.39 is 12.2 Å². The van der Waals surface area contributed by atoms with E-state index in [1.165, 1.54) is 0 Å². The van der Waals surface area contributed by atoms with Crippen LogP contribution in [0, 0.1) is 0 Å². The lowest BCUT2D eigenvalue weighted by Crippen LogP contribution is -2.39. The third-order valence-electron chi connectivity index (χ3n) is 6.14. The van der Waals surface area contributed by atoms with Crippen molar-refractivity contribution in [2.45, 2.75) is 76.3 Å². The van der Waals surface area contributed by atoms with Crippen LogP contribution in [0.25, 0.3) is 0 Å². The van der Waals surface area contributed by atoms with Crippen LogP contribution in [-0.2, 0) is 4.79 Å². The van der Waals surface area contributed by atoms with E-state index >= 15 is 0 Å². The fourth-order valence-corrected chi connectivity index (χ4v) is 4.48. The van der Waals surface area contributed by atoms with Gasteiger partial charge in [-0.1, -0.05) is 6.92 Å². The summed E-state index contributed by atoms with van der Waals surface area (Å²) >= 11 is 0. The Labute approximate surface area is 173 Å². The molecular formula is C20H27F3N6O. The van der Waals surface area contributed by atoms with Crippen molar-refractivity contribution in [3.63, 3.8) is 0 Å². The van der Waals surface area contributed by atoms with Crippen LogP contribution in [0.2, 0.25) is 0 Å². The summed E-state index contributed by atoms with van der Waals surface area (Å²) in [6, 6.07) is 1.22. The van der Waals surface area contributed by atoms with Crippen molar-refractivity contribution < 1.29 is 18.0 Å². The second-order valence-corrected chi connectivity index (χ2v) is 8.23. The first kappa shape index (κ1) is 20.7. The first-order valence-electron chi connectivity index (χ1n) is 10.5. The molecule has 30 heavy (non-hydrogen) atoms. The summed E-state index contributed by atoms with van der Waals surface area (Å²) < 4.78 is 43.7. The molecule has 4 rings (SSSR count). The van der Waals surface area contributed by atoms with E-state index in [4.69, 9.17) is 0 Å². The minimum absolute atomic E-state index is 0.0294. The van der Waals surface area contributed by atoms with Crippen molar-refractivity contribution in [1.82, 2.24) is 24.5 Å². The summed E-state index contributed by atoms with van der Waals surface area (Å²) in [5, 5.41) is 11.7. The second kappa shape index (κ2) is 7.96. The van der Waals surface area contributed by atoms with Crippen LogP contribution in [-0.4, -0.2) is 49.1 Å². The number of nitrogens with one attached hydrogen (secondary N) is 1. The van der Waals surface area contributed by atoms with Gasteiger partial charge in [0.25, 0.3) is 0 Å². The second-order valence-electron chi connectivity index (χ2n) is 8.23. The molecule has 10 heteroatoms. The SMILES string of the molecule is CC[C@@H]1C[C@H](C(F)(F)F)n2nc([C@H]3CCCN3C(=O)C[C@H](C)n3cccn3)cc2N1. The van der Waals surface area contributed by atoms with Crippen LogP contribution >= 0.6 is 0 Å². The number of halogens is 3. The lowest BCUT2D eigenvalue weighted by molar-refractivity contribution is -0.173. The van der Waals surface area contributed by atoms with Crippen LogP contribution in [0.4, 0.5) is 19.0 Å². The maximum Gasteiger partial charge on any atom is 0.410 e. The molecule has 0 radical (unpaired) electrons. The maximum absolute atomic E-state index is 13.6. The molecule has 1 saturated heterocycles. The number of anilines is 1. The summed E-state index contributed by atoms with van der Waals surface area (Å²) in [5.41, 5.74) is 0.529. The number of carbonyl (C=O) groups excluding carboxylic acids is 1. The van der Waals surface area contributed by atoms with E-state index in [0.29, 0.717) is 30.9 Å². The maximum atomic E-state index is 13.6. The fraction of sp³-hybridized carbons (Fsp3) is 0.650. The molecule has 0 aliphatic carbocycles. The molecule has 2 aromatic rings. The van der Waals surface area contributed by atoms with E-state index in [9.17, 15) is 18.0 Å². The molecule has 0 aromatic carbocycles. The molecule has 0 unspecified atom stereocenters. The predicted molar refractivity (Wildman–Crippen MR) is 105 cm³/mol. The molecule has 1 N–H and O–H groups in total. The molecule has 4 heterocycles. The number of carbonyl (C=O) groups is 1. The van der Waals surface area contributed by atoms with Gasteiger partial charge in [0, 0.05) is 37.5 Å². The number of alkyl halides is 3. The summed E-state index contributed by atoms with van der Waals surface area (Å²) in [6.07, 6.45) is 1.48. The van der Waals surface area contributed by atoms with Crippen LogP contribution in [0.3, 0.4) is 0 Å². The van der Waals surface area contributed by atoms with Crippen molar-refractivity contribution in [2.24, 2.45) is 0 Å². The molecule has 164 valence electrons. The van der Waals surface area contributed by atoms with Gasteiger partial charge < -0.3 is 10.2 Å². The van der Waals surface area contributed by atoms with E-state index in [-0.39, 0.29) is 36.9 Å². The molecule has 4 atom stereocenters. The predicted octanol–water partition coefficient (Wildman–Crippen LogP) is 4.09. The van der Waals surface area contributed by atoms with E-state index in [2.05, 4.69) is 15.5 Å². The highest BCUT2D eigenvalue weighted by molar-refractivity contribution is 5.77. The van der Waals surface area contributed by atoms with Crippen molar-refractivity contribution >= 4 is 11.7 Å². The average Bonchev–Trinajstić information content (AvgIpc) is 3.45. The Hall–Kier alpha value is -2.52. The molecule has 1 amide bonds. The number of rotatable bonds is 5. The van der Waals surface area contributed by atoms with Gasteiger partial charge in [-0.25, -0.2) is 4.68 Å². The number of likely N-dealkylation sites (tertiary alicyclic amines) is 1. The lowest BCUT2D eigenvalue weighted by Gasteiger charge is -2.32.